The molecule has 2 aromatic carbocycles. The number of hydrogen-bond donors (Lipinski definition) is 1. The van der Waals surface area contributed by atoms with Gasteiger partial charge >= 0.3 is 0 Å². The topological polar surface area (TPSA) is 60.3 Å². The number of ether oxygens (including phenoxy) is 1. The fourth-order valence-electron chi connectivity index (χ4n) is 5.28. The first-order valence-corrected chi connectivity index (χ1v) is 13.3. The number of hydrogen-bond acceptors (Lipinski definition) is 4. The van der Waals surface area contributed by atoms with Crippen molar-refractivity contribution in [3.05, 3.63) is 60.3 Å². The number of aromatic nitrogens is 1. The van der Waals surface area contributed by atoms with E-state index in [9.17, 15) is 8.42 Å². The molecule has 2 fully saturated rings. The largest absolute Gasteiger partial charge is 0.490 e. The van der Waals surface area contributed by atoms with E-state index in [2.05, 4.69) is 18.3 Å². The van der Waals surface area contributed by atoms with Crippen LogP contribution in [0.3, 0.4) is 0 Å². The number of rotatable bonds is 6. The Kier molecular flexibility index (Phi) is 5.99. The van der Waals surface area contributed by atoms with Crippen LogP contribution in [-0.4, -0.2) is 31.1 Å². The summed E-state index contributed by atoms with van der Waals surface area (Å²) in [5.41, 5.74) is 1.78. The van der Waals surface area contributed by atoms with Crippen molar-refractivity contribution in [2.75, 3.05) is 6.54 Å². The van der Waals surface area contributed by atoms with Crippen molar-refractivity contribution in [1.82, 2.24) is 9.29 Å². The molecule has 2 aliphatic rings. The smallest absolute Gasteiger partial charge is 0.268 e. The zero-order valence-electron chi connectivity index (χ0n) is 18.7. The van der Waals surface area contributed by atoms with E-state index in [4.69, 9.17) is 4.74 Å². The Morgan fingerprint density at radius 1 is 1.00 bits per heavy atom. The molecule has 1 aromatic heterocycles. The van der Waals surface area contributed by atoms with Gasteiger partial charge < -0.3 is 10.1 Å². The lowest BCUT2D eigenvalue weighted by Crippen LogP contribution is -2.27. The summed E-state index contributed by atoms with van der Waals surface area (Å²) in [5.74, 6) is 1.05. The summed E-state index contributed by atoms with van der Waals surface area (Å²) in [6.45, 7) is 3.22. The number of fused-ring (bicyclic) bond motifs is 1. The molecule has 5 nitrogen and oxygen atoms in total. The molecule has 1 saturated carbocycles. The predicted octanol–water partition coefficient (Wildman–Crippen LogP) is 5.45. The summed E-state index contributed by atoms with van der Waals surface area (Å²) < 4.78 is 34.8. The highest BCUT2D eigenvalue weighted by molar-refractivity contribution is 7.90. The maximum Gasteiger partial charge on any atom is 0.268 e. The molecule has 0 amide bonds. The number of nitrogens with zero attached hydrogens (tertiary/aromatic N) is 1. The van der Waals surface area contributed by atoms with E-state index in [1.54, 1.807) is 24.3 Å². The van der Waals surface area contributed by atoms with Crippen LogP contribution in [0, 0.1) is 0 Å². The molecule has 6 heteroatoms. The summed E-state index contributed by atoms with van der Waals surface area (Å²) in [5, 5.41) is 4.56. The van der Waals surface area contributed by atoms with Crippen LogP contribution < -0.4 is 10.1 Å². The summed E-state index contributed by atoms with van der Waals surface area (Å²) in [6, 6.07) is 14.9. The summed E-state index contributed by atoms with van der Waals surface area (Å²) in [7, 11) is -3.69. The van der Waals surface area contributed by atoms with Gasteiger partial charge in [-0.1, -0.05) is 31.5 Å². The third kappa shape index (κ3) is 4.06. The van der Waals surface area contributed by atoms with Gasteiger partial charge in [0.2, 0.25) is 0 Å². The Bertz CT molecular complexity index is 1170. The first-order valence-electron chi connectivity index (χ1n) is 11.9. The molecule has 2 heterocycles. The molecule has 1 aliphatic carbocycles. The molecule has 1 aliphatic heterocycles. The second-order valence-corrected chi connectivity index (χ2v) is 11.1. The van der Waals surface area contributed by atoms with Gasteiger partial charge in [-0.15, -0.1) is 0 Å². The second kappa shape index (κ2) is 8.91. The van der Waals surface area contributed by atoms with E-state index in [-0.39, 0.29) is 12.0 Å². The Balaban J connectivity index is 1.59. The SMILES string of the molecule is CC(c1cn(S(=O)(=O)c2ccccc2)c2ccc(OC3CCCCC3)cc12)C1CCCN1. The third-order valence-electron chi connectivity index (χ3n) is 7.12. The van der Waals surface area contributed by atoms with E-state index in [0.29, 0.717) is 16.5 Å². The van der Waals surface area contributed by atoms with Gasteiger partial charge in [-0.05, 0) is 86.9 Å². The lowest BCUT2D eigenvalue weighted by molar-refractivity contribution is 0.155. The van der Waals surface area contributed by atoms with Gasteiger partial charge in [0.15, 0.2) is 0 Å². The van der Waals surface area contributed by atoms with Crippen molar-refractivity contribution in [1.29, 1.82) is 0 Å². The zero-order chi connectivity index (χ0) is 22.1. The van der Waals surface area contributed by atoms with Crippen LogP contribution in [-0.2, 0) is 10.0 Å². The number of nitrogens with one attached hydrogen (secondary N) is 1. The van der Waals surface area contributed by atoms with Gasteiger partial charge in [0.25, 0.3) is 10.0 Å². The van der Waals surface area contributed by atoms with Gasteiger partial charge in [-0.2, -0.15) is 0 Å². The lowest BCUT2D eigenvalue weighted by Gasteiger charge is -2.23. The van der Waals surface area contributed by atoms with Crippen molar-refractivity contribution in [3.63, 3.8) is 0 Å². The summed E-state index contributed by atoms with van der Waals surface area (Å²) in [4.78, 5) is 0.303. The van der Waals surface area contributed by atoms with E-state index >= 15 is 0 Å². The molecule has 0 bridgehead atoms. The van der Waals surface area contributed by atoms with Crippen molar-refractivity contribution >= 4 is 20.9 Å². The molecule has 3 aromatic rings. The molecule has 1 saturated heterocycles. The maximum atomic E-state index is 13.5. The highest BCUT2D eigenvalue weighted by Gasteiger charge is 2.28. The quantitative estimate of drug-likeness (QED) is 0.541. The van der Waals surface area contributed by atoms with Crippen molar-refractivity contribution < 1.29 is 13.2 Å². The minimum atomic E-state index is -3.69. The molecular weight excluding hydrogens is 420 g/mol. The average Bonchev–Trinajstić information content (AvgIpc) is 3.49. The van der Waals surface area contributed by atoms with Gasteiger partial charge in [0, 0.05) is 17.6 Å². The second-order valence-electron chi connectivity index (χ2n) is 9.25. The standard InChI is InChI=1S/C26H32N2O3S/c1-19(25-13-8-16-27-25)24-18-28(32(29,30)22-11-6-3-7-12-22)26-15-14-21(17-23(24)26)31-20-9-4-2-5-10-20/h3,6-7,11-12,14-15,17-20,25,27H,2,4-5,8-10,13,16H2,1H3. The van der Waals surface area contributed by atoms with Crippen LogP contribution in [0.25, 0.3) is 10.9 Å². The monoisotopic (exact) mass is 452 g/mol. The van der Waals surface area contributed by atoms with Crippen molar-refractivity contribution in [2.45, 2.75) is 74.8 Å². The predicted molar refractivity (Wildman–Crippen MR) is 128 cm³/mol. The van der Waals surface area contributed by atoms with E-state index in [1.807, 2.05) is 24.4 Å². The van der Waals surface area contributed by atoms with Crippen LogP contribution in [0.1, 0.15) is 63.4 Å². The fraction of sp³-hybridized carbons (Fsp3) is 0.462. The third-order valence-corrected chi connectivity index (χ3v) is 8.81. The highest BCUT2D eigenvalue weighted by atomic mass is 32.2. The molecule has 0 radical (unpaired) electrons. The van der Waals surface area contributed by atoms with Crippen LogP contribution in [0.2, 0.25) is 0 Å². The lowest BCUT2D eigenvalue weighted by atomic mass is 9.92. The molecular formula is C26H32N2O3S. The maximum absolute atomic E-state index is 13.5. The van der Waals surface area contributed by atoms with Crippen molar-refractivity contribution in [2.24, 2.45) is 0 Å². The summed E-state index contributed by atoms with van der Waals surface area (Å²) in [6.07, 6.45) is 10.3. The van der Waals surface area contributed by atoms with Gasteiger partial charge in [-0.3, -0.25) is 0 Å². The molecule has 170 valence electrons. The van der Waals surface area contributed by atoms with Crippen LogP contribution >= 0.6 is 0 Å². The molecule has 2 atom stereocenters. The minimum absolute atomic E-state index is 0.206. The Morgan fingerprint density at radius 3 is 2.50 bits per heavy atom. The molecule has 2 unspecified atom stereocenters. The first-order chi connectivity index (χ1) is 15.5. The van der Waals surface area contributed by atoms with Gasteiger partial charge in [0.1, 0.15) is 5.75 Å². The van der Waals surface area contributed by atoms with Crippen LogP contribution in [0.15, 0.2) is 59.6 Å². The minimum Gasteiger partial charge on any atom is -0.490 e. The average molecular weight is 453 g/mol. The Labute approximate surface area is 190 Å². The van der Waals surface area contributed by atoms with Crippen LogP contribution in [0.4, 0.5) is 0 Å². The number of benzene rings is 2. The van der Waals surface area contributed by atoms with E-state index in [0.717, 1.165) is 48.9 Å². The van der Waals surface area contributed by atoms with Gasteiger partial charge in [0.05, 0.1) is 16.5 Å². The molecule has 32 heavy (non-hydrogen) atoms. The summed E-state index contributed by atoms with van der Waals surface area (Å²) >= 11 is 0. The van der Waals surface area contributed by atoms with Crippen molar-refractivity contribution in [3.8, 4) is 5.75 Å². The van der Waals surface area contributed by atoms with E-state index in [1.165, 1.54) is 23.2 Å². The zero-order valence-corrected chi connectivity index (χ0v) is 19.5. The van der Waals surface area contributed by atoms with Gasteiger partial charge in [-0.25, -0.2) is 12.4 Å². The highest BCUT2D eigenvalue weighted by Crippen LogP contribution is 2.36. The first kappa shape index (κ1) is 21.5. The molecule has 5 rings (SSSR count). The molecule has 1 N–H and O–H groups in total. The Hall–Kier alpha value is -2.31. The molecule has 0 spiro atoms. The van der Waals surface area contributed by atoms with E-state index < -0.39 is 10.0 Å². The fourth-order valence-corrected chi connectivity index (χ4v) is 6.67. The Morgan fingerprint density at radius 2 is 1.78 bits per heavy atom. The normalized spacial score (nSPS) is 21.1. The van der Waals surface area contributed by atoms with Crippen LogP contribution in [0.5, 0.6) is 5.75 Å².